The maximum atomic E-state index is 11.6. The van der Waals surface area contributed by atoms with E-state index < -0.39 is 36.0 Å². The van der Waals surface area contributed by atoms with E-state index in [1.54, 1.807) is 0 Å². The van der Waals surface area contributed by atoms with Crippen LogP contribution in [0.4, 0.5) is 0 Å². The number of rotatable bonds is 11. The third-order valence-electron chi connectivity index (χ3n) is 7.30. The fourth-order valence-electron chi connectivity index (χ4n) is 5.57. The average molecular weight is 465 g/mol. The standard InChI is InChI=1S/C23H36N4O6/c24-16(21(28)29)6-2-1-4-13-5-3-11-27-12-14(7-9-17(25)22(30)31)19-15(20(13)27)8-10-18(26-19)23(32)33/h12-13,15-18,20H,1-11,24-25H2,(H,28,29)(H,30,31)(H,32,33). The van der Waals surface area contributed by atoms with Gasteiger partial charge in [-0.05, 0) is 62.9 Å². The van der Waals surface area contributed by atoms with E-state index >= 15 is 0 Å². The van der Waals surface area contributed by atoms with Gasteiger partial charge in [0.1, 0.15) is 18.1 Å². The zero-order chi connectivity index (χ0) is 24.1. The molecule has 10 heteroatoms. The Hall–Kier alpha value is -2.46. The number of aliphatic carboxylic acids is 3. The molecule has 0 spiro atoms. The molecule has 1 fully saturated rings. The molecule has 3 heterocycles. The van der Waals surface area contributed by atoms with Crippen LogP contribution >= 0.6 is 0 Å². The number of carboxylic acids is 3. The van der Waals surface area contributed by atoms with Gasteiger partial charge in [-0.25, -0.2) is 4.79 Å². The minimum atomic E-state index is -1.05. The van der Waals surface area contributed by atoms with Crippen LogP contribution in [0.5, 0.6) is 0 Å². The van der Waals surface area contributed by atoms with Crippen molar-refractivity contribution >= 4 is 23.6 Å². The van der Waals surface area contributed by atoms with Crippen molar-refractivity contribution in [3.63, 3.8) is 0 Å². The fraction of sp³-hybridized carbons (Fsp3) is 0.739. The lowest BCUT2D eigenvalue weighted by molar-refractivity contribution is -0.139. The van der Waals surface area contributed by atoms with Crippen LogP contribution < -0.4 is 11.5 Å². The summed E-state index contributed by atoms with van der Waals surface area (Å²) >= 11 is 0. The largest absolute Gasteiger partial charge is 0.480 e. The summed E-state index contributed by atoms with van der Waals surface area (Å²) in [6.45, 7) is 0.908. The van der Waals surface area contributed by atoms with Crippen molar-refractivity contribution in [2.75, 3.05) is 6.54 Å². The molecular formula is C23H36N4O6. The monoisotopic (exact) mass is 464 g/mol. The molecule has 3 rings (SSSR count). The highest BCUT2D eigenvalue weighted by molar-refractivity contribution is 6.04. The quantitative estimate of drug-likeness (QED) is 0.283. The summed E-state index contributed by atoms with van der Waals surface area (Å²) in [5.41, 5.74) is 13.1. The van der Waals surface area contributed by atoms with Gasteiger partial charge in [-0.15, -0.1) is 0 Å². The van der Waals surface area contributed by atoms with Crippen molar-refractivity contribution in [1.82, 2.24) is 4.90 Å². The maximum Gasteiger partial charge on any atom is 0.328 e. The first-order chi connectivity index (χ1) is 15.7. The molecule has 0 bridgehead atoms. The minimum Gasteiger partial charge on any atom is -0.480 e. The Labute approximate surface area is 193 Å². The van der Waals surface area contributed by atoms with Gasteiger partial charge in [0, 0.05) is 30.4 Å². The van der Waals surface area contributed by atoms with Crippen molar-refractivity contribution in [2.24, 2.45) is 28.3 Å². The smallest absolute Gasteiger partial charge is 0.328 e. The molecule has 6 unspecified atom stereocenters. The molecule has 0 aromatic rings. The minimum absolute atomic E-state index is 0.119. The van der Waals surface area contributed by atoms with E-state index in [4.69, 9.17) is 21.7 Å². The number of unbranched alkanes of at least 4 members (excludes halogenated alkanes) is 1. The van der Waals surface area contributed by atoms with Gasteiger partial charge in [-0.1, -0.05) is 12.8 Å². The molecule has 0 aromatic carbocycles. The van der Waals surface area contributed by atoms with E-state index in [0.29, 0.717) is 25.2 Å². The topological polar surface area (TPSA) is 180 Å². The Bertz CT molecular complexity index is 813. The second-order valence-electron chi connectivity index (χ2n) is 9.55. The third kappa shape index (κ3) is 6.11. The number of piperidine rings is 1. The van der Waals surface area contributed by atoms with Crippen LogP contribution in [0.1, 0.15) is 64.2 Å². The van der Waals surface area contributed by atoms with Crippen LogP contribution in [0.3, 0.4) is 0 Å². The maximum absolute atomic E-state index is 11.6. The van der Waals surface area contributed by atoms with Gasteiger partial charge < -0.3 is 31.7 Å². The highest BCUT2D eigenvalue weighted by atomic mass is 16.4. The van der Waals surface area contributed by atoms with Gasteiger partial charge >= 0.3 is 17.9 Å². The first-order valence-corrected chi connectivity index (χ1v) is 11.9. The average Bonchev–Trinajstić information content (AvgIpc) is 2.79. The number of hydrogen-bond donors (Lipinski definition) is 5. The molecule has 0 saturated carbocycles. The number of carbonyl (C=O) groups is 3. The molecule has 184 valence electrons. The number of nitrogens with two attached hydrogens (primary N) is 2. The van der Waals surface area contributed by atoms with Crippen LogP contribution in [0, 0.1) is 11.8 Å². The van der Waals surface area contributed by atoms with E-state index in [-0.39, 0.29) is 18.4 Å². The molecule has 0 amide bonds. The molecule has 6 atom stereocenters. The predicted octanol–water partition coefficient (Wildman–Crippen LogP) is 1.43. The van der Waals surface area contributed by atoms with Crippen LogP contribution in [0.15, 0.2) is 16.8 Å². The normalized spacial score (nSPS) is 28.6. The summed E-state index contributed by atoms with van der Waals surface area (Å²) < 4.78 is 0. The highest BCUT2D eigenvalue weighted by Gasteiger charge is 2.44. The number of aliphatic imine (C=N–C) groups is 1. The molecule has 0 radical (unpaired) electrons. The van der Waals surface area contributed by atoms with Gasteiger partial charge in [-0.2, -0.15) is 0 Å². The molecule has 1 saturated heterocycles. The van der Waals surface area contributed by atoms with Crippen LogP contribution in [-0.2, 0) is 14.4 Å². The molecule has 33 heavy (non-hydrogen) atoms. The molecule has 7 N–H and O–H groups in total. The van der Waals surface area contributed by atoms with Crippen molar-refractivity contribution in [3.8, 4) is 0 Å². The second kappa shape index (κ2) is 11.1. The van der Waals surface area contributed by atoms with Gasteiger partial charge in [0.2, 0.25) is 0 Å². The first kappa shape index (κ1) is 25.2. The molecule has 3 aliphatic rings. The lowest BCUT2D eigenvalue weighted by Gasteiger charge is -2.50. The summed E-state index contributed by atoms with van der Waals surface area (Å²) in [7, 11) is 0. The van der Waals surface area contributed by atoms with Crippen LogP contribution in [0.25, 0.3) is 0 Å². The van der Waals surface area contributed by atoms with E-state index in [1.807, 2.05) is 0 Å². The molecule has 10 nitrogen and oxygen atoms in total. The molecule has 0 aliphatic carbocycles. The van der Waals surface area contributed by atoms with Gasteiger partial charge in [0.25, 0.3) is 0 Å². The number of carboxylic acid groups (broad SMARTS) is 3. The Morgan fingerprint density at radius 1 is 1.03 bits per heavy atom. The first-order valence-electron chi connectivity index (χ1n) is 11.9. The summed E-state index contributed by atoms with van der Waals surface area (Å²) in [4.78, 5) is 40.7. The van der Waals surface area contributed by atoms with Crippen molar-refractivity contribution in [1.29, 1.82) is 0 Å². The van der Waals surface area contributed by atoms with E-state index in [9.17, 15) is 19.5 Å². The number of allylic oxidation sites excluding steroid dienone is 1. The Balaban J connectivity index is 1.76. The molecule has 3 aliphatic heterocycles. The fourth-order valence-corrected chi connectivity index (χ4v) is 5.57. The van der Waals surface area contributed by atoms with Crippen molar-refractivity contribution < 1.29 is 29.7 Å². The molecule has 0 aromatic heterocycles. The number of nitrogens with zero attached hydrogens (tertiary/aromatic N) is 2. The second-order valence-corrected chi connectivity index (χ2v) is 9.55. The lowest BCUT2D eigenvalue weighted by atomic mass is 9.70. The zero-order valence-electron chi connectivity index (χ0n) is 18.9. The van der Waals surface area contributed by atoms with Crippen LogP contribution in [-0.4, -0.2) is 74.6 Å². The van der Waals surface area contributed by atoms with E-state index in [1.165, 1.54) is 0 Å². The molecular weight excluding hydrogens is 428 g/mol. The van der Waals surface area contributed by atoms with Crippen molar-refractivity contribution in [3.05, 3.63) is 11.8 Å². The number of hydrogen-bond acceptors (Lipinski definition) is 7. The van der Waals surface area contributed by atoms with Gasteiger partial charge in [0.05, 0.1) is 0 Å². The number of fused-ring (bicyclic) bond motifs is 3. The lowest BCUT2D eigenvalue weighted by Crippen LogP contribution is -2.54. The van der Waals surface area contributed by atoms with E-state index in [2.05, 4.69) is 16.1 Å². The predicted molar refractivity (Wildman–Crippen MR) is 122 cm³/mol. The van der Waals surface area contributed by atoms with Crippen LogP contribution in [0.2, 0.25) is 0 Å². The SMILES string of the molecule is NC(CCCCC1CCCN2C=C(CCC(N)C(=O)O)C3=NC(C(=O)O)CCC3C12)C(=O)O. The third-order valence-corrected chi connectivity index (χ3v) is 7.30. The highest BCUT2D eigenvalue weighted by Crippen LogP contribution is 2.42. The van der Waals surface area contributed by atoms with E-state index in [0.717, 1.165) is 56.4 Å². The van der Waals surface area contributed by atoms with Gasteiger partial charge in [0.15, 0.2) is 0 Å². The van der Waals surface area contributed by atoms with Gasteiger partial charge in [-0.3, -0.25) is 14.6 Å². The Morgan fingerprint density at radius 3 is 2.39 bits per heavy atom. The summed E-state index contributed by atoms with van der Waals surface area (Å²) in [6, 6.07) is -2.32. The Morgan fingerprint density at radius 2 is 1.73 bits per heavy atom. The zero-order valence-corrected chi connectivity index (χ0v) is 18.9. The summed E-state index contributed by atoms with van der Waals surface area (Å²) in [5.74, 6) is -2.42. The summed E-state index contributed by atoms with van der Waals surface area (Å²) in [5, 5.41) is 27.6. The summed E-state index contributed by atoms with van der Waals surface area (Å²) in [6.07, 6.45) is 9.23. The van der Waals surface area contributed by atoms with Crippen molar-refractivity contribution in [2.45, 2.75) is 88.4 Å². The Kier molecular flexibility index (Phi) is 8.47.